The summed E-state index contributed by atoms with van der Waals surface area (Å²) in [7, 11) is 0. The van der Waals surface area contributed by atoms with Crippen LogP contribution in [0.4, 0.5) is 8.78 Å². The first kappa shape index (κ1) is 18.3. The number of benzene rings is 1. The lowest BCUT2D eigenvalue weighted by Crippen LogP contribution is -2.39. The van der Waals surface area contributed by atoms with Gasteiger partial charge >= 0.3 is 11.9 Å². The molecule has 0 aromatic heterocycles. The van der Waals surface area contributed by atoms with Crippen molar-refractivity contribution in [2.24, 2.45) is 0 Å². The third kappa shape index (κ3) is 4.89. The van der Waals surface area contributed by atoms with Gasteiger partial charge in [-0.3, -0.25) is 0 Å². The molecule has 0 saturated heterocycles. The van der Waals surface area contributed by atoms with Gasteiger partial charge in [0, 0.05) is 4.47 Å². The number of alkyl halides is 2. The zero-order valence-electron chi connectivity index (χ0n) is 11.3. The maximum absolute atomic E-state index is 14.3. The summed E-state index contributed by atoms with van der Waals surface area (Å²) in [5.41, 5.74) is 0.132. The van der Waals surface area contributed by atoms with Crippen LogP contribution in [0.25, 0.3) is 0 Å². The minimum absolute atomic E-state index is 0.0770. The minimum atomic E-state index is -3.84. The number of ether oxygens (including phenoxy) is 2. The number of halogens is 3. The van der Waals surface area contributed by atoms with Gasteiger partial charge in [0.1, 0.15) is 0 Å². The molecule has 3 nitrogen and oxygen atoms in total. The van der Waals surface area contributed by atoms with E-state index in [4.69, 9.17) is 17.0 Å². The largest absolute Gasteiger partial charge is 0.463 e. The molecule has 0 fully saturated rings. The number of carbonyl (C=O) groups excluding carboxylic acids is 1. The van der Waals surface area contributed by atoms with Crippen LogP contribution in [0.5, 0.6) is 0 Å². The minimum Gasteiger partial charge on any atom is -0.463 e. The fourth-order valence-corrected chi connectivity index (χ4v) is 2.02. The Labute approximate surface area is 139 Å². The van der Waals surface area contributed by atoms with Crippen molar-refractivity contribution in [2.45, 2.75) is 19.0 Å². The zero-order chi connectivity index (χ0) is 16.0. The van der Waals surface area contributed by atoms with Crippen molar-refractivity contribution in [3.05, 3.63) is 34.3 Å². The van der Waals surface area contributed by atoms with E-state index in [2.05, 4.69) is 20.7 Å². The number of esters is 1. The Balaban J connectivity index is 3.15. The summed E-state index contributed by atoms with van der Waals surface area (Å²) in [6, 6.07) is 6.03. The van der Waals surface area contributed by atoms with Crippen molar-refractivity contribution in [2.75, 3.05) is 12.9 Å². The van der Waals surface area contributed by atoms with Gasteiger partial charge in [-0.15, -0.1) is 0 Å². The molecule has 0 aliphatic heterocycles. The number of hydrogen-bond acceptors (Lipinski definition) is 5. The first-order chi connectivity index (χ1) is 9.82. The molecule has 0 spiro atoms. The average Bonchev–Trinajstić information content (AvgIpc) is 2.45. The molecule has 0 aliphatic carbocycles. The molecular formula is C13H13BrF2O3S2. The van der Waals surface area contributed by atoms with Crippen molar-refractivity contribution < 1.29 is 23.0 Å². The smallest absolute Gasteiger partial charge is 0.382 e. The van der Waals surface area contributed by atoms with Gasteiger partial charge in [0.15, 0.2) is 6.10 Å². The van der Waals surface area contributed by atoms with Crippen LogP contribution in [-0.2, 0) is 14.3 Å². The molecule has 0 heterocycles. The monoisotopic (exact) mass is 398 g/mol. The summed E-state index contributed by atoms with van der Waals surface area (Å²) in [6.07, 6.45) is -0.228. The molecule has 0 bridgehead atoms. The fourth-order valence-electron chi connectivity index (χ4n) is 1.47. The van der Waals surface area contributed by atoms with Gasteiger partial charge in [-0.25, -0.2) is 4.79 Å². The Kier molecular flexibility index (Phi) is 7.02. The van der Waals surface area contributed by atoms with Crippen LogP contribution in [0.2, 0.25) is 0 Å². The highest BCUT2D eigenvalue weighted by Crippen LogP contribution is 2.37. The van der Waals surface area contributed by atoms with E-state index in [1.807, 2.05) is 0 Å². The van der Waals surface area contributed by atoms with Crippen LogP contribution < -0.4 is 0 Å². The van der Waals surface area contributed by atoms with Crippen molar-refractivity contribution in [3.8, 4) is 0 Å². The predicted molar refractivity (Wildman–Crippen MR) is 85.7 cm³/mol. The molecule has 0 radical (unpaired) electrons. The second-order valence-corrected chi connectivity index (χ2v) is 6.17. The maximum atomic E-state index is 14.3. The number of thioether (sulfide) groups is 1. The van der Waals surface area contributed by atoms with Gasteiger partial charge in [0.05, 0.1) is 6.61 Å². The summed E-state index contributed by atoms with van der Waals surface area (Å²) in [5, 5.41) is 0. The number of thiocarbonyl (C=S) groups is 1. The second-order valence-electron chi connectivity index (χ2n) is 3.85. The molecule has 0 saturated carbocycles. The van der Waals surface area contributed by atoms with E-state index in [9.17, 15) is 13.6 Å². The van der Waals surface area contributed by atoms with Crippen LogP contribution in [-0.4, -0.2) is 29.1 Å². The molecule has 1 rings (SSSR count). The quantitative estimate of drug-likeness (QED) is 0.543. The van der Waals surface area contributed by atoms with E-state index < -0.39 is 18.0 Å². The van der Waals surface area contributed by atoms with E-state index in [1.165, 1.54) is 19.1 Å². The van der Waals surface area contributed by atoms with Gasteiger partial charge in [-0.2, -0.15) is 8.78 Å². The highest BCUT2D eigenvalue weighted by Gasteiger charge is 2.52. The summed E-state index contributed by atoms with van der Waals surface area (Å²) in [5.74, 6) is -5.48. The number of carbonyl (C=O) groups is 1. The van der Waals surface area contributed by atoms with E-state index in [1.54, 1.807) is 18.4 Å². The average molecular weight is 399 g/mol. The van der Waals surface area contributed by atoms with Crippen molar-refractivity contribution >= 4 is 50.3 Å². The summed E-state index contributed by atoms with van der Waals surface area (Å²) in [4.78, 5) is 11.5. The van der Waals surface area contributed by atoms with E-state index in [-0.39, 0.29) is 16.6 Å². The van der Waals surface area contributed by atoms with Crippen LogP contribution in [0.1, 0.15) is 18.6 Å². The Morgan fingerprint density at radius 1 is 1.43 bits per heavy atom. The van der Waals surface area contributed by atoms with E-state index in [0.717, 1.165) is 16.2 Å². The van der Waals surface area contributed by atoms with Crippen molar-refractivity contribution in [1.29, 1.82) is 0 Å². The van der Waals surface area contributed by atoms with Crippen LogP contribution in [0, 0.1) is 0 Å². The Bertz CT molecular complexity index is 509. The summed E-state index contributed by atoms with van der Waals surface area (Å²) >= 11 is 9.04. The molecule has 1 unspecified atom stereocenters. The lowest BCUT2D eigenvalue weighted by molar-refractivity contribution is -0.187. The molecule has 0 aliphatic rings. The second kappa shape index (κ2) is 8.05. The molecule has 0 N–H and O–H groups in total. The van der Waals surface area contributed by atoms with Crippen LogP contribution in [0.15, 0.2) is 28.7 Å². The zero-order valence-corrected chi connectivity index (χ0v) is 14.5. The molecule has 0 amide bonds. The molecule has 1 atom stereocenters. The lowest BCUT2D eigenvalue weighted by Gasteiger charge is -2.26. The van der Waals surface area contributed by atoms with Gasteiger partial charge < -0.3 is 9.47 Å². The van der Waals surface area contributed by atoms with Crippen LogP contribution in [0.3, 0.4) is 0 Å². The van der Waals surface area contributed by atoms with Gasteiger partial charge in [-0.05, 0) is 43.1 Å². The lowest BCUT2D eigenvalue weighted by atomic mass is 10.0. The molecular weight excluding hydrogens is 386 g/mol. The molecule has 21 heavy (non-hydrogen) atoms. The molecule has 8 heteroatoms. The standard InChI is InChI=1S/C13H13BrF2O3S2/c1-3-18-11(17)13(15,16)10(19-12(20)21-2)8-4-6-9(14)7-5-8/h4-7,10H,3H2,1-2H3. The highest BCUT2D eigenvalue weighted by atomic mass is 79.9. The molecule has 1 aromatic carbocycles. The summed E-state index contributed by atoms with van der Waals surface area (Å²) in [6.45, 7) is 1.31. The highest BCUT2D eigenvalue weighted by molar-refractivity contribution is 9.10. The third-order valence-electron chi connectivity index (χ3n) is 2.43. The molecule has 116 valence electrons. The van der Waals surface area contributed by atoms with Crippen LogP contribution >= 0.6 is 39.9 Å². The first-order valence-electron chi connectivity index (χ1n) is 5.88. The Hall–Kier alpha value is -0.730. The van der Waals surface area contributed by atoms with Crippen molar-refractivity contribution in [1.82, 2.24) is 0 Å². The number of hydrogen-bond donors (Lipinski definition) is 0. The number of rotatable bonds is 5. The third-order valence-corrected chi connectivity index (χ3v) is 3.98. The first-order valence-corrected chi connectivity index (χ1v) is 8.30. The Morgan fingerprint density at radius 2 is 2.00 bits per heavy atom. The summed E-state index contributed by atoms with van der Waals surface area (Å²) < 4.78 is 38.7. The van der Waals surface area contributed by atoms with E-state index >= 15 is 0 Å². The maximum Gasteiger partial charge on any atom is 0.382 e. The SMILES string of the molecule is CCOC(=O)C(F)(F)C(OC(=S)SC)c1ccc(Br)cc1. The predicted octanol–water partition coefficient (Wildman–Crippen LogP) is 4.35. The van der Waals surface area contributed by atoms with Crippen molar-refractivity contribution in [3.63, 3.8) is 0 Å². The molecule has 1 aromatic rings. The van der Waals surface area contributed by atoms with Gasteiger partial charge in [-0.1, -0.05) is 39.8 Å². The fraction of sp³-hybridized carbons (Fsp3) is 0.385. The topological polar surface area (TPSA) is 35.5 Å². The Morgan fingerprint density at radius 3 is 2.48 bits per heavy atom. The van der Waals surface area contributed by atoms with Gasteiger partial charge in [0.2, 0.25) is 4.38 Å². The normalized spacial score (nSPS) is 12.6. The van der Waals surface area contributed by atoms with E-state index in [0.29, 0.717) is 0 Å². The van der Waals surface area contributed by atoms with Gasteiger partial charge in [0.25, 0.3) is 0 Å².